The van der Waals surface area contributed by atoms with Crippen LogP contribution in [0.3, 0.4) is 0 Å². The fourth-order valence-electron chi connectivity index (χ4n) is 2.21. The summed E-state index contributed by atoms with van der Waals surface area (Å²) in [5, 5.41) is 6.94. The molecule has 3 aromatic rings. The van der Waals surface area contributed by atoms with Crippen LogP contribution < -0.4 is 16.4 Å². The molecule has 0 saturated heterocycles. The van der Waals surface area contributed by atoms with Crippen molar-refractivity contribution >= 4 is 45.8 Å². The highest BCUT2D eigenvalue weighted by atomic mass is 35.5. The van der Waals surface area contributed by atoms with Gasteiger partial charge in [0.15, 0.2) is 5.69 Å². The number of carbonyl (C=O) groups is 2. The number of fused-ring (bicyclic) bond motifs is 1. The lowest BCUT2D eigenvalue weighted by Gasteiger charge is -2.09. The van der Waals surface area contributed by atoms with E-state index in [2.05, 4.69) is 21.0 Å². The van der Waals surface area contributed by atoms with E-state index in [1.54, 1.807) is 30.3 Å². The molecule has 0 atom stereocenters. The van der Waals surface area contributed by atoms with Gasteiger partial charge >= 0.3 is 0 Å². The van der Waals surface area contributed by atoms with Crippen molar-refractivity contribution in [2.24, 2.45) is 0 Å². The van der Waals surface area contributed by atoms with Gasteiger partial charge in [-0.15, -0.1) is 0 Å². The molecule has 0 aliphatic heterocycles. The zero-order valence-corrected chi connectivity index (χ0v) is 14.0. The molecule has 1 heterocycles. The summed E-state index contributed by atoms with van der Waals surface area (Å²) in [5.74, 6) is -1.34. The second-order valence-corrected chi connectivity index (χ2v) is 5.74. The number of hydrogen-bond acceptors (Lipinski definition) is 4. The molecule has 3 rings (SSSR count). The van der Waals surface area contributed by atoms with Crippen molar-refractivity contribution in [3.63, 3.8) is 0 Å². The van der Waals surface area contributed by atoms with E-state index in [1.165, 1.54) is 12.1 Å². The van der Waals surface area contributed by atoms with E-state index in [0.717, 1.165) is 0 Å². The summed E-state index contributed by atoms with van der Waals surface area (Å²) in [7, 11) is 0. The average molecular weight is 377 g/mol. The number of aromatic amines is 1. The molecule has 0 radical (unpaired) electrons. The standard InChI is InChI=1S/C16H10Cl2N4O3/c17-11-7-3-6-10(12(11)18)15(24)21-22-16(25)13-8-4-1-2-5-9(8)14(23)20-19-13/h1-7H,(H,20,23)(H,21,24)(H,22,25). The van der Waals surface area contributed by atoms with Gasteiger partial charge in [-0.25, -0.2) is 5.10 Å². The predicted molar refractivity (Wildman–Crippen MR) is 93.8 cm³/mol. The number of rotatable bonds is 2. The molecular formula is C16H10Cl2N4O3. The van der Waals surface area contributed by atoms with Crippen LogP contribution in [0, 0.1) is 0 Å². The summed E-state index contributed by atoms with van der Waals surface area (Å²) in [5.41, 5.74) is 4.12. The molecule has 9 heteroatoms. The van der Waals surface area contributed by atoms with Crippen molar-refractivity contribution in [3.05, 3.63) is 74.1 Å². The van der Waals surface area contributed by atoms with Crippen LogP contribution >= 0.6 is 23.2 Å². The minimum atomic E-state index is -0.695. The summed E-state index contributed by atoms with van der Waals surface area (Å²) in [6.07, 6.45) is 0. The summed E-state index contributed by atoms with van der Waals surface area (Å²) >= 11 is 11.8. The van der Waals surface area contributed by atoms with Crippen molar-refractivity contribution in [3.8, 4) is 0 Å². The van der Waals surface area contributed by atoms with Gasteiger partial charge < -0.3 is 0 Å². The Kier molecular flexibility index (Phi) is 4.69. The predicted octanol–water partition coefficient (Wildman–Crippen LogP) is 2.30. The lowest BCUT2D eigenvalue weighted by molar-refractivity contribution is 0.0844. The van der Waals surface area contributed by atoms with E-state index in [0.29, 0.717) is 10.8 Å². The van der Waals surface area contributed by atoms with Gasteiger partial charge in [-0.3, -0.25) is 25.2 Å². The number of nitrogens with zero attached hydrogens (tertiary/aromatic N) is 1. The third-order valence-electron chi connectivity index (χ3n) is 3.40. The summed E-state index contributed by atoms with van der Waals surface area (Å²) < 4.78 is 0. The highest BCUT2D eigenvalue weighted by molar-refractivity contribution is 6.43. The van der Waals surface area contributed by atoms with E-state index < -0.39 is 17.4 Å². The monoisotopic (exact) mass is 376 g/mol. The van der Waals surface area contributed by atoms with E-state index in [4.69, 9.17) is 23.2 Å². The Balaban J connectivity index is 1.82. The molecular weight excluding hydrogens is 367 g/mol. The van der Waals surface area contributed by atoms with Crippen molar-refractivity contribution in [1.82, 2.24) is 21.0 Å². The number of nitrogens with one attached hydrogen (secondary N) is 3. The van der Waals surface area contributed by atoms with Crippen LogP contribution in [0.5, 0.6) is 0 Å². The number of halogens is 2. The first-order valence-corrected chi connectivity index (χ1v) is 7.76. The van der Waals surface area contributed by atoms with Crippen LogP contribution in [-0.2, 0) is 0 Å². The van der Waals surface area contributed by atoms with E-state index in [1.807, 2.05) is 0 Å². The molecule has 25 heavy (non-hydrogen) atoms. The van der Waals surface area contributed by atoms with Gasteiger partial charge in [-0.1, -0.05) is 47.5 Å². The van der Waals surface area contributed by atoms with E-state index in [9.17, 15) is 14.4 Å². The zero-order chi connectivity index (χ0) is 18.0. The van der Waals surface area contributed by atoms with Crippen LogP contribution in [0.1, 0.15) is 20.8 Å². The molecule has 0 aliphatic carbocycles. The maximum atomic E-state index is 12.3. The van der Waals surface area contributed by atoms with Gasteiger partial charge in [0.25, 0.3) is 17.4 Å². The fourth-order valence-corrected chi connectivity index (χ4v) is 2.59. The van der Waals surface area contributed by atoms with Crippen LogP contribution in [0.15, 0.2) is 47.3 Å². The first kappa shape index (κ1) is 16.9. The van der Waals surface area contributed by atoms with Gasteiger partial charge in [-0.05, 0) is 18.2 Å². The van der Waals surface area contributed by atoms with Crippen molar-refractivity contribution in [2.75, 3.05) is 0 Å². The smallest absolute Gasteiger partial charge is 0.267 e. The molecule has 3 N–H and O–H groups in total. The average Bonchev–Trinajstić information content (AvgIpc) is 2.62. The molecule has 0 aliphatic rings. The third kappa shape index (κ3) is 3.33. The van der Waals surface area contributed by atoms with Gasteiger partial charge in [-0.2, -0.15) is 5.10 Å². The minimum absolute atomic E-state index is 0.0345. The number of amides is 2. The maximum Gasteiger partial charge on any atom is 0.290 e. The maximum absolute atomic E-state index is 12.3. The van der Waals surface area contributed by atoms with Crippen molar-refractivity contribution in [2.45, 2.75) is 0 Å². The SMILES string of the molecule is O=C(NNC(=O)c1n[nH]c(=O)c2ccccc12)c1cccc(Cl)c1Cl. The quantitative estimate of drug-likeness (QED) is 0.596. The first-order chi connectivity index (χ1) is 12.0. The molecule has 7 nitrogen and oxygen atoms in total. The topological polar surface area (TPSA) is 104 Å². The molecule has 0 fully saturated rings. The second-order valence-electron chi connectivity index (χ2n) is 4.96. The Morgan fingerprint density at radius 3 is 2.36 bits per heavy atom. The van der Waals surface area contributed by atoms with Gasteiger partial charge in [0, 0.05) is 5.39 Å². The van der Waals surface area contributed by atoms with E-state index >= 15 is 0 Å². The Bertz CT molecular complexity index is 1050. The summed E-state index contributed by atoms with van der Waals surface area (Å²) in [6, 6.07) is 11.0. The van der Waals surface area contributed by atoms with Crippen molar-refractivity contribution < 1.29 is 9.59 Å². The molecule has 0 saturated carbocycles. The van der Waals surface area contributed by atoms with E-state index in [-0.39, 0.29) is 21.3 Å². The molecule has 2 amide bonds. The summed E-state index contributed by atoms with van der Waals surface area (Å²) in [4.78, 5) is 36.1. The molecule has 2 aromatic carbocycles. The number of hydrazine groups is 1. The largest absolute Gasteiger partial charge is 0.290 e. The van der Waals surface area contributed by atoms with Crippen LogP contribution in [0.25, 0.3) is 10.8 Å². The normalized spacial score (nSPS) is 10.5. The van der Waals surface area contributed by atoms with Gasteiger partial charge in [0.05, 0.1) is 21.0 Å². The highest BCUT2D eigenvalue weighted by Gasteiger charge is 2.17. The van der Waals surface area contributed by atoms with Gasteiger partial charge in [0.1, 0.15) is 0 Å². The fraction of sp³-hybridized carbons (Fsp3) is 0. The first-order valence-electron chi connectivity index (χ1n) is 7.01. The number of benzene rings is 2. The third-order valence-corrected chi connectivity index (χ3v) is 4.22. The van der Waals surface area contributed by atoms with Crippen LogP contribution in [-0.4, -0.2) is 22.0 Å². The van der Waals surface area contributed by atoms with Crippen LogP contribution in [0.2, 0.25) is 10.0 Å². The lowest BCUT2D eigenvalue weighted by atomic mass is 10.1. The number of aromatic nitrogens is 2. The lowest BCUT2D eigenvalue weighted by Crippen LogP contribution is -2.42. The Morgan fingerprint density at radius 1 is 0.920 bits per heavy atom. The van der Waals surface area contributed by atoms with Crippen molar-refractivity contribution in [1.29, 1.82) is 0 Å². The highest BCUT2D eigenvalue weighted by Crippen LogP contribution is 2.25. The molecule has 0 spiro atoms. The number of hydrogen-bond donors (Lipinski definition) is 3. The Hall–Kier alpha value is -2.90. The summed E-state index contributed by atoms with van der Waals surface area (Å²) in [6.45, 7) is 0. The van der Waals surface area contributed by atoms with Gasteiger partial charge in [0.2, 0.25) is 0 Å². The molecule has 1 aromatic heterocycles. The Morgan fingerprint density at radius 2 is 1.60 bits per heavy atom. The molecule has 0 unspecified atom stereocenters. The Labute approximate surface area is 150 Å². The second kappa shape index (κ2) is 6.92. The zero-order valence-electron chi connectivity index (χ0n) is 12.5. The number of H-pyrrole nitrogens is 1. The molecule has 126 valence electrons. The van der Waals surface area contributed by atoms with Crippen LogP contribution in [0.4, 0.5) is 0 Å². The number of carbonyl (C=O) groups excluding carboxylic acids is 2. The molecule has 0 bridgehead atoms. The minimum Gasteiger partial charge on any atom is -0.267 e.